The number of aliphatic hydroxyl groups is 1. The van der Waals surface area contributed by atoms with Crippen LogP contribution in [0.25, 0.3) is 21.0 Å². The second-order valence-corrected chi connectivity index (χ2v) is 10.8. The zero-order chi connectivity index (χ0) is 26.6. The van der Waals surface area contributed by atoms with Crippen LogP contribution in [0.5, 0.6) is 5.75 Å². The number of nitrogen functional groups attached to an aromatic ring is 1. The van der Waals surface area contributed by atoms with Crippen molar-refractivity contribution in [3.05, 3.63) is 53.2 Å². The largest absolute Gasteiger partial charge is 0.490 e. The van der Waals surface area contributed by atoms with Crippen LogP contribution in [0.15, 0.2) is 42.7 Å². The average Bonchev–Trinajstić information content (AvgIpc) is 3.28. The van der Waals surface area contributed by atoms with Gasteiger partial charge in [0.05, 0.1) is 5.69 Å². The molecule has 0 radical (unpaired) electrons. The number of aryl methyl sites for hydroxylation is 1. The van der Waals surface area contributed by atoms with E-state index in [9.17, 15) is 9.90 Å². The van der Waals surface area contributed by atoms with Crippen LogP contribution in [0.1, 0.15) is 41.4 Å². The highest BCUT2D eigenvalue weighted by Crippen LogP contribution is 2.37. The number of nitrogens with two attached hydrogens (primary N) is 2. The van der Waals surface area contributed by atoms with Gasteiger partial charge in [-0.25, -0.2) is 4.98 Å². The maximum absolute atomic E-state index is 11.8. The summed E-state index contributed by atoms with van der Waals surface area (Å²) in [4.78, 5) is 24.3. The summed E-state index contributed by atoms with van der Waals surface area (Å²) in [5.41, 5.74) is 13.4. The predicted octanol–water partition coefficient (Wildman–Crippen LogP) is 3.48. The minimum Gasteiger partial charge on any atom is -0.490 e. The summed E-state index contributed by atoms with van der Waals surface area (Å²) in [5.74, 6) is 1.15. The minimum atomic E-state index is -0.616. The van der Waals surface area contributed by atoms with E-state index < -0.39 is 12.0 Å². The number of hydrogen-bond donors (Lipinski definition) is 4. The molecule has 0 aliphatic carbocycles. The lowest BCUT2D eigenvalue weighted by Crippen LogP contribution is -2.45. The van der Waals surface area contributed by atoms with Crippen LogP contribution in [0.4, 0.5) is 11.5 Å². The maximum Gasteiger partial charge on any atom is 0.260 e. The maximum atomic E-state index is 11.8. The number of primary amides is 1. The highest BCUT2D eigenvalue weighted by atomic mass is 32.1. The first-order chi connectivity index (χ1) is 18.4. The summed E-state index contributed by atoms with van der Waals surface area (Å²) in [6.07, 6.45) is 6.63. The zero-order valence-electron chi connectivity index (χ0n) is 21.5. The van der Waals surface area contributed by atoms with Gasteiger partial charge in [0.2, 0.25) is 0 Å². The molecule has 1 aliphatic rings. The Bertz CT molecular complexity index is 1430. The number of benzene rings is 1. The topological polar surface area (TPSA) is 140 Å². The van der Waals surface area contributed by atoms with Crippen molar-refractivity contribution in [3.8, 4) is 5.75 Å². The zero-order valence-corrected chi connectivity index (χ0v) is 22.3. The lowest BCUT2D eigenvalue weighted by atomic mass is 10.0. The highest BCUT2D eigenvalue weighted by Gasteiger charge is 2.24. The Morgan fingerprint density at radius 2 is 2.13 bits per heavy atom. The number of pyridine rings is 2. The molecule has 3 aromatic heterocycles. The number of hydrogen-bond acceptors (Lipinski definition) is 9. The van der Waals surface area contributed by atoms with Crippen molar-refractivity contribution in [2.75, 3.05) is 36.9 Å². The molecule has 38 heavy (non-hydrogen) atoms. The number of nitrogens with one attached hydrogen (secondary N) is 1. The molecule has 1 aliphatic heterocycles. The van der Waals surface area contributed by atoms with Crippen LogP contribution < -0.4 is 26.4 Å². The average molecular weight is 535 g/mol. The van der Waals surface area contributed by atoms with Gasteiger partial charge in [-0.15, -0.1) is 11.3 Å². The van der Waals surface area contributed by atoms with E-state index in [2.05, 4.69) is 28.2 Å². The van der Waals surface area contributed by atoms with Crippen LogP contribution in [0.2, 0.25) is 0 Å². The quantitative estimate of drug-likeness (QED) is 0.242. The number of carbonyl (C=O) groups excluding carboxylic acids is 1. The second kappa shape index (κ2) is 11.5. The molecular formula is C28H34N6O3S. The SMILES string of the molecule is CCCc1cc(N2CCC(NCC(O)COc3cccc4cnccc34)CC2)nc2sc(C(N)=O)c(N)c12. The molecule has 200 valence electrons. The van der Waals surface area contributed by atoms with Crippen molar-refractivity contribution in [1.82, 2.24) is 15.3 Å². The van der Waals surface area contributed by atoms with Crippen LogP contribution >= 0.6 is 11.3 Å². The van der Waals surface area contributed by atoms with Gasteiger partial charge in [-0.2, -0.15) is 0 Å². The van der Waals surface area contributed by atoms with Crippen LogP contribution in [0, 0.1) is 0 Å². The summed E-state index contributed by atoms with van der Waals surface area (Å²) >= 11 is 1.27. The lowest BCUT2D eigenvalue weighted by molar-refractivity contribution is 0.100. The number of amides is 1. The number of thiophene rings is 1. The monoisotopic (exact) mass is 534 g/mol. The van der Waals surface area contributed by atoms with Crippen molar-refractivity contribution in [2.45, 2.75) is 44.8 Å². The first-order valence-corrected chi connectivity index (χ1v) is 13.9. The Labute approximate surface area is 225 Å². The molecule has 0 saturated carbocycles. The molecule has 1 aromatic carbocycles. The van der Waals surface area contributed by atoms with Gasteiger partial charge in [-0.05, 0) is 43.0 Å². The van der Waals surface area contributed by atoms with E-state index in [4.69, 9.17) is 21.2 Å². The van der Waals surface area contributed by atoms with Gasteiger partial charge in [-0.1, -0.05) is 25.5 Å². The summed E-state index contributed by atoms with van der Waals surface area (Å²) in [6.45, 7) is 4.50. The highest BCUT2D eigenvalue weighted by molar-refractivity contribution is 7.21. The third kappa shape index (κ3) is 5.52. The van der Waals surface area contributed by atoms with Crippen molar-refractivity contribution in [2.24, 2.45) is 5.73 Å². The fourth-order valence-corrected chi connectivity index (χ4v) is 6.06. The number of fused-ring (bicyclic) bond motifs is 2. The molecule has 10 heteroatoms. The number of aliphatic hydroxyl groups excluding tert-OH is 1. The van der Waals surface area contributed by atoms with Gasteiger partial charge < -0.3 is 31.5 Å². The molecule has 4 aromatic rings. The Hall–Kier alpha value is -3.47. The van der Waals surface area contributed by atoms with Gasteiger partial charge in [0, 0.05) is 54.2 Å². The number of ether oxygens (including phenoxy) is 1. The van der Waals surface area contributed by atoms with Crippen LogP contribution in [-0.2, 0) is 6.42 Å². The normalized spacial score (nSPS) is 15.3. The third-order valence-corrected chi connectivity index (χ3v) is 8.16. The fraction of sp³-hybridized carbons (Fsp3) is 0.393. The number of nitrogens with zero attached hydrogens (tertiary/aromatic N) is 3. The number of piperidine rings is 1. The smallest absolute Gasteiger partial charge is 0.260 e. The van der Waals surface area contributed by atoms with Gasteiger partial charge in [0.15, 0.2) is 0 Å². The van der Waals surface area contributed by atoms with E-state index in [1.54, 1.807) is 12.4 Å². The minimum absolute atomic E-state index is 0.217. The van der Waals surface area contributed by atoms with Crippen molar-refractivity contribution < 1.29 is 14.6 Å². The van der Waals surface area contributed by atoms with Crippen molar-refractivity contribution >= 4 is 49.7 Å². The van der Waals surface area contributed by atoms with Gasteiger partial charge in [0.25, 0.3) is 5.91 Å². The molecule has 1 fully saturated rings. The number of rotatable bonds is 10. The Kier molecular flexibility index (Phi) is 7.92. The summed E-state index contributed by atoms with van der Waals surface area (Å²) in [5, 5.41) is 16.9. The fourth-order valence-electron chi connectivity index (χ4n) is 5.08. The Balaban J connectivity index is 1.16. The molecule has 1 amide bonds. The van der Waals surface area contributed by atoms with E-state index >= 15 is 0 Å². The number of aromatic nitrogens is 2. The van der Waals surface area contributed by atoms with E-state index in [1.807, 2.05) is 24.3 Å². The molecule has 0 spiro atoms. The third-order valence-electron chi connectivity index (χ3n) is 7.04. The number of anilines is 2. The van der Waals surface area contributed by atoms with E-state index in [1.165, 1.54) is 11.3 Å². The lowest BCUT2D eigenvalue weighted by Gasteiger charge is -2.34. The summed E-state index contributed by atoms with van der Waals surface area (Å²) in [6, 6.07) is 10.2. The van der Waals surface area contributed by atoms with Gasteiger partial charge in [0.1, 0.15) is 34.0 Å². The Morgan fingerprint density at radius 3 is 2.89 bits per heavy atom. The summed E-state index contributed by atoms with van der Waals surface area (Å²) < 4.78 is 5.92. The van der Waals surface area contributed by atoms with E-state index in [0.717, 1.165) is 76.9 Å². The van der Waals surface area contributed by atoms with Crippen LogP contribution in [-0.4, -0.2) is 59.4 Å². The molecule has 4 heterocycles. The summed E-state index contributed by atoms with van der Waals surface area (Å²) in [7, 11) is 0. The van der Waals surface area contributed by atoms with E-state index in [0.29, 0.717) is 23.2 Å². The van der Waals surface area contributed by atoms with Crippen LogP contribution in [0.3, 0.4) is 0 Å². The van der Waals surface area contributed by atoms with Crippen molar-refractivity contribution in [1.29, 1.82) is 0 Å². The first kappa shape index (κ1) is 26.1. The second-order valence-electron chi connectivity index (χ2n) is 9.77. The molecule has 1 unspecified atom stereocenters. The molecule has 9 nitrogen and oxygen atoms in total. The Morgan fingerprint density at radius 1 is 1.32 bits per heavy atom. The van der Waals surface area contributed by atoms with Gasteiger partial charge in [-0.3, -0.25) is 9.78 Å². The first-order valence-electron chi connectivity index (χ1n) is 13.1. The molecule has 0 bridgehead atoms. The molecule has 1 atom stereocenters. The number of carbonyl (C=O) groups is 1. The molecule has 5 rings (SSSR count). The standard InChI is InChI=1S/C28H34N6O3S/c1-2-4-17-13-23(33-28-24(17)25(29)26(38-28)27(30)36)34-11-8-19(9-12-34)32-15-20(35)16-37-22-6-3-5-18-14-31-10-7-21(18)22/h3,5-7,10,13-14,19-20,32,35H,2,4,8-9,11-12,15-16,29H2,1H3,(H2,30,36). The van der Waals surface area contributed by atoms with Crippen molar-refractivity contribution in [3.63, 3.8) is 0 Å². The molecule has 1 saturated heterocycles. The van der Waals surface area contributed by atoms with Gasteiger partial charge >= 0.3 is 0 Å². The van der Waals surface area contributed by atoms with E-state index in [-0.39, 0.29) is 6.61 Å². The predicted molar refractivity (Wildman–Crippen MR) is 153 cm³/mol. The molecule has 6 N–H and O–H groups in total. The molecular weight excluding hydrogens is 500 g/mol.